The molecule has 0 aliphatic rings. The summed E-state index contributed by atoms with van der Waals surface area (Å²) in [6.45, 7) is 8.95. The summed E-state index contributed by atoms with van der Waals surface area (Å²) in [7, 11) is 1.88. The lowest BCUT2D eigenvalue weighted by Gasteiger charge is -2.13. The number of pyridine rings is 2. The molecule has 0 spiro atoms. The molecule has 4 aromatic rings. The van der Waals surface area contributed by atoms with Crippen molar-refractivity contribution in [1.29, 1.82) is 0 Å². The highest BCUT2D eigenvalue weighted by Gasteiger charge is 2.17. The quantitative estimate of drug-likeness (QED) is 0.518. The van der Waals surface area contributed by atoms with E-state index in [0.717, 1.165) is 16.8 Å². The van der Waals surface area contributed by atoms with E-state index in [4.69, 9.17) is 11.6 Å². The van der Waals surface area contributed by atoms with Gasteiger partial charge in [0.1, 0.15) is 0 Å². The zero-order valence-electron chi connectivity index (χ0n) is 16.5. The standard InChI is InChI=1S/C23H18N6O/c1-15-9-20-18(10-16(15)6-8-24-2)19(23(30)27-17-5-4-7-25-12-17)11-21(28-20)22-13-26-14-29(22)3/h4-14H,1,3H3,(H,27,30). The topological polar surface area (TPSA) is 77.1 Å². The first-order valence-electron chi connectivity index (χ1n) is 9.23. The van der Waals surface area contributed by atoms with Gasteiger partial charge in [0, 0.05) is 18.6 Å². The summed E-state index contributed by atoms with van der Waals surface area (Å²) in [5.74, 6) is -0.261. The summed E-state index contributed by atoms with van der Waals surface area (Å²) in [4.78, 5) is 29.5. The van der Waals surface area contributed by atoms with Gasteiger partial charge in [-0.05, 0) is 48.4 Å². The number of hydrogen-bond acceptors (Lipinski definition) is 4. The second kappa shape index (κ2) is 7.97. The Hall–Kier alpha value is -4.31. The van der Waals surface area contributed by atoms with Crippen molar-refractivity contribution in [2.24, 2.45) is 7.05 Å². The molecule has 0 aliphatic carbocycles. The average Bonchev–Trinajstić information content (AvgIpc) is 3.18. The molecule has 4 rings (SSSR count). The molecule has 0 radical (unpaired) electrons. The smallest absolute Gasteiger partial charge is 0.256 e. The minimum Gasteiger partial charge on any atom is -0.332 e. The van der Waals surface area contributed by atoms with Crippen LogP contribution in [0.25, 0.3) is 33.2 Å². The Morgan fingerprint density at radius 3 is 2.80 bits per heavy atom. The first-order chi connectivity index (χ1) is 14.6. The Labute approximate surface area is 173 Å². The van der Waals surface area contributed by atoms with Gasteiger partial charge in [0.2, 0.25) is 0 Å². The summed E-state index contributed by atoms with van der Waals surface area (Å²) in [6, 6.07) is 9.13. The number of benzene rings is 1. The van der Waals surface area contributed by atoms with Gasteiger partial charge in [-0.15, -0.1) is 0 Å². The van der Waals surface area contributed by atoms with Gasteiger partial charge in [-0.3, -0.25) is 9.78 Å². The molecule has 1 aromatic carbocycles. The van der Waals surface area contributed by atoms with E-state index in [-0.39, 0.29) is 5.91 Å². The summed E-state index contributed by atoms with van der Waals surface area (Å²) in [5.41, 5.74) is 5.08. The molecule has 0 bridgehead atoms. The normalized spacial score (nSPS) is 11.0. The SMILES string of the molecule is [C-]#[N+]C=Cc1cc2c(C(=O)Nc3cccnc3)cc(-c3cncn3C)nc2cc1C. The van der Waals surface area contributed by atoms with E-state index in [2.05, 4.69) is 20.1 Å². The molecule has 0 fully saturated rings. The average molecular weight is 394 g/mol. The van der Waals surface area contributed by atoms with E-state index in [1.165, 1.54) is 6.20 Å². The van der Waals surface area contributed by atoms with E-state index in [0.29, 0.717) is 27.8 Å². The van der Waals surface area contributed by atoms with E-state index in [1.54, 1.807) is 49.2 Å². The highest BCUT2D eigenvalue weighted by atomic mass is 16.1. The number of carbonyl (C=O) groups excluding carboxylic acids is 1. The van der Waals surface area contributed by atoms with Crippen molar-refractivity contribution >= 4 is 28.6 Å². The maximum absolute atomic E-state index is 13.2. The van der Waals surface area contributed by atoms with Gasteiger partial charge in [-0.1, -0.05) is 6.08 Å². The number of imidazole rings is 1. The molecule has 1 amide bonds. The Morgan fingerprint density at radius 1 is 1.23 bits per heavy atom. The summed E-state index contributed by atoms with van der Waals surface area (Å²) in [5, 5.41) is 3.60. The third-order valence-electron chi connectivity index (χ3n) is 4.77. The predicted molar refractivity (Wildman–Crippen MR) is 117 cm³/mol. The van der Waals surface area contributed by atoms with Crippen LogP contribution < -0.4 is 5.32 Å². The van der Waals surface area contributed by atoms with Crippen LogP contribution in [-0.2, 0) is 7.05 Å². The van der Waals surface area contributed by atoms with Gasteiger partial charge in [0.05, 0.1) is 53.4 Å². The van der Waals surface area contributed by atoms with Gasteiger partial charge in [0.15, 0.2) is 6.20 Å². The lowest BCUT2D eigenvalue weighted by atomic mass is 9.99. The van der Waals surface area contributed by atoms with E-state index in [1.807, 2.05) is 30.7 Å². The van der Waals surface area contributed by atoms with Crippen molar-refractivity contribution in [3.05, 3.63) is 89.6 Å². The Bertz CT molecular complexity index is 1320. The maximum atomic E-state index is 13.2. The van der Waals surface area contributed by atoms with Crippen molar-refractivity contribution in [2.45, 2.75) is 6.92 Å². The molecular formula is C23H18N6O. The maximum Gasteiger partial charge on any atom is 0.256 e. The number of hydrogen-bond donors (Lipinski definition) is 1. The molecule has 146 valence electrons. The molecule has 7 nitrogen and oxygen atoms in total. The monoisotopic (exact) mass is 394 g/mol. The predicted octanol–water partition coefficient (Wildman–Crippen LogP) is 4.48. The van der Waals surface area contributed by atoms with Crippen LogP contribution in [0.5, 0.6) is 0 Å². The van der Waals surface area contributed by atoms with E-state index >= 15 is 0 Å². The highest BCUT2D eigenvalue weighted by molar-refractivity contribution is 6.13. The van der Waals surface area contributed by atoms with Crippen LogP contribution in [0.2, 0.25) is 0 Å². The first-order valence-corrected chi connectivity index (χ1v) is 9.23. The highest BCUT2D eigenvalue weighted by Crippen LogP contribution is 2.28. The van der Waals surface area contributed by atoms with Crippen LogP contribution in [0.4, 0.5) is 5.69 Å². The fourth-order valence-corrected chi connectivity index (χ4v) is 3.25. The molecule has 3 heterocycles. The lowest BCUT2D eigenvalue weighted by molar-refractivity contribution is 0.102. The number of carbonyl (C=O) groups is 1. The molecule has 7 heteroatoms. The number of aryl methyl sites for hydroxylation is 2. The Morgan fingerprint density at radius 2 is 2.10 bits per heavy atom. The van der Waals surface area contributed by atoms with Crippen LogP contribution in [0.3, 0.4) is 0 Å². The number of nitrogens with zero attached hydrogens (tertiary/aromatic N) is 5. The summed E-state index contributed by atoms with van der Waals surface area (Å²) < 4.78 is 1.86. The molecule has 30 heavy (non-hydrogen) atoms. The largest absolute Gasteiger partial charge is 0.332 e. The Kier molecular flexibility index (Phi) is 5.06. The fraction of sp³-hybridized carbons (Fsp3) is 0.0870. The number of amides is 1. The molecular weight excluding hydrogens is 376 g/mol. The van der Waals surface area contributed by atoms with E-state index < -0.39 is 0 Å². The van der Waals surface area contributed by atoms with E-state index in [9.17, 15) is 4.79 Å². The van der Waals surface area contributed by atoms with Crippen LogP contribution in [0, 0.1) is 13.5 Å². The van der Waals surface area contributed by atoms with Gasteiger partial charge in [-0.25, -0.2) is 14.8 Å². The molecule has 0 saturated heterocycles. The summed E-state index contributed by atoms with van der Waals surface area (Å²) in [6.07, 6.45) is 9.80. The molecule has 0 saturated carbocycles. The van der Waals surface area contributed by atoms with Crippen LogP contribution in [-0.4, -0.2) is 25.4 Å². The molecule has 0 atom stereocenters. The second-order valence-electron chi connectivity index (χ2n) is 6.81. The summed E-state index contributed by atoms with van der Waals surface area (Å²) >= 11 is 0. The minimum atomic E-state index is -0.261. The zero-order chi connectivity index (χ0) is 21.1. The van der Waals surface area contributed by atoms with Crippen molar-refractivity contribution < 1.29 is 4.79 Å². The van der Waals surface area contributed by atoms with Crippen molar-refractivity contribution in [3.63, 3.8) is 0 Å². The van der Waals surface area contributed by atoms with Crippen molar-refractivity contribution in [1.82, 2.24) is 19.5 Å². The number of nitrogens with one attached hydrogen (secondary N) is 1. The fourth-order valence-electron chi connectivity index (χ4n) is 3.25. The third kappa shape index (κ3) is 3.66. The second-order valence-corrected chi connectivity index (χ2v) is 6.81. The van der Waals surface area contributed by atoms with Gasteiger partial charge < -0.3 is 9.88 Å². The van der Waals surface area contributed by atoms with Crippen molar-refractivity contribution in [2.75, 3.05) is 5.32 Å². The van der Waals surface area contributed by atoms with Gasteiger partial charge in [0.25, 0.3) is 5.91 Å². The number of anilines is 1. The molecule has 0 aliphatic heterocycles. The minimum absolute atomic E-state index is 0.261. The Balaban J connectivity index is 1.91. The zero-order valence-corrected chi connectivity index (χ0v) is 16.5. The molecule has 0 unspecified atom stereocenters. The molecule has 3 aromatic heterocycles. The number of rotatable bonds is 4. The van der Waals surface area contributed by atoms with Crippen LogP contribution >= 0.6 is 0 Å². The number of aromatic nitrogens is 4. The van der Waals surface area contributed by atoms with Gasteiger partial charge >= 0.3 is 0 Å². The molecule has 1 N–H and O–H groups in total. The van der Waals surface area contributed by atoms with Crippen LogP contribution in [0.15, 0.2) is 61.4 Å². The third-order valence-corrected chi connectivity index (χ3v) is 4.77. The van der Waals surface area contributed by atoms with Crippen molar-refractivity contribution in [3.8, 4) is 11.4 Å². The van der Waals surface area contributed by atoms with Crippen LogP contribution in [0.1, 0.15) is 21.5 Å². The van der Waals surface area contributed by atoms with Gasteiger partial charge in [-0.2, -0.15) is 0 Å². The number of fused-ring (bicyclic) bond motifs is 1. The lowest BCUT2D eigenvalue weighted by Crippen LogP contribution is -2.13. The first kappa shape index (κ1) is 19.0.